The Kier molecular flexibility index (Phi) is 4.06. The molecule has 1 amide bonds. The van der Waals surface area contributed by atoms with Gasteiger partial charge in [-0.25, -0.2) is 0 Å². The third kappa shape index (κ3) is 3.50. The van der Waals surface area contributed by atoms with Gasteiger partial charge in [-0.1, -0.05) is 34.1 Å². The number of benzene rings is 1. The number of carbonyl (C=O) groups is 1. The van der Waals surface area contributed by atoms with E-state index in [1.165, 1.54) is 5.56 Å². The van der Waals surface area contributed by atoms with E-state index in [4.69, 9.17) is 0 Å². The number of nitrogens with zero attached hydrogens (tertiary/aromatic N) is 1. The molecule has 2 atom stereocenters. The Morgan fingerprint density at radius 3 is 2.71 bits per heavy atom. The van der Waals surface area contributed by atoms with E-state index in [0.29, 0.717) is 12.5 Å². The summed E-state index contributed by atoms with van der Waals surface area (Å²) in [7, 11) is 0. The fourth-order valence-electron chi connectivity index (χ4n) is 2.49. The van der Waals surface area contributed by atoms with E-state index in [1.54, 1.807) is 0 Å². The first-order valence-corrected chi connectivity index (χ1v) is 7.87. The van der Waals surface area contributed by atoms with Crippen molar-refractivity contribution < 1.29 is 4.79 Å². The van der Waals surface area contributed by atoms with Crippen molar-refractivity contribution in [2.24, 2.45) is 5.92 Å². The van der Waals surface area contributed by atoms with E-state index in [9.17, 15) is 4.79 Å². The van der Waals surface area contributed by atoms with Crippen molar-refractivity contribution in [1.29, 1.82) is 0 Å². The molecule has 3 rings (SSSR count). The molecule has 1 fully saturated rings. The number of hydrogen-bond acceptors (Lipinski definition) is 2. The van der Waals surface area contributed by atoms with Gasteiger partial charge in [0.25, 0.3) is 0 Å². The summed E-state index contributed by atoms with van der Waals surface area (Å²) in [6, 6.07) is 12.2. The second kappa shape index (κ2) is 5.98. The highest BCUT2D eigenvalue weighted by atomic mass is 79.9. The van der Waals surface area contributed by atoms with Crippen LogP contribution in [0.4, 0.5) is 0 Å². The molecule has 1 aromatic heterocycles. The van der Waals surface area contributed by atoms with Crippen LogP contribution >= 0.6 is 15.9 Å². The molecule has 108 valence electrons. The van der Waals surface area contributed by atoms with Gasteiger partial charge in [0.15, 0.2) is 0 Å². The Morgan fingerprint density at radius 1 is 1.29 bits per heavy atom. The SMILES string of the molecule is Cc1ccc(CNC(=O)[C@H]2C[C@H]2c2ccc(Br)cc2)cn1. The fourth-order valence-corrected chi connectivity index (χ4v) is 2.75. The van der Waals surface area contributed by atoms with Gasteiger partial charge in [0.1, 0.15) is 0 Å². The molecule has 0 unspecified atom stereocenters. The van der Waals surface area contributed by atoms with Crippen molar-refractivity contribution in [3.05, 3.63) is 63.9 Å². The van der Waals surface area contributed by atoms with Crippen LogP contribution in [0.25, 0.3) is 0 Å². The summed E-state index contributed by atoms with van der Waals surface area (Å²) in [5, 5.41) is 3.00. The summed E-state index contributed by atoms with van der Waals surface area (Å²) in [5.41, 5.74) is 3.27. The number of nitrogens with one attached hydrogen (secondary N) is 1. The number of carbonyl (C=O) groups excluding carboxylic acids is 1. The number of amides is 1. The molecule has 2 aromatic rings. The minimum absolute atomic E-state index is 0.115. The molecule has 1 aliphatic carbocycles. The van der Waals surface area contributed by atoms with Crippen LogP contribution in [-0.2, 0) is 11.3 Å². The molecule has 1 aromatic carbocycles. The van der Waals surface area contributed by atoms with Gasteiger partial charge in [-0.05, 0) is 48.6 Å². The molecule has 0 spiro atoms. The standard InChI is InChI=1S/C17H17BrN2O/c1-11-2-3-12(9-19-11)10-20-17(21)16-8-15(16)13-4-6-14(18)7-5-13/h2-7,9,15-16H,8,10H2,1H3,(H,20,21)/t15-,16-/m0/s1. The number of halogens is 1. The van der Waals surface area contributed by atoms with Gasteiger partial charge in [0, 0.05) is 28.8 Å². The van der Waals surface area contributed by atoms with Crippen LogP contribution in [0.15, 0.2) is 47.1 Å². The molecule has 0 radical (unpaired) electrons. The highest BCUT2D eigenvalue weighted by Gasteiger charge is 2.43. The highest BCUT2D eigenvalue weighted by molar-refractivity contribution is 9.10. The van der Waals surface area contributed by atoms with Gasteiger partial charge in [-0.15, -0.1) is 0 Å². The van der Waals surface area contributed by atoms with Gasteiger partial charge >= 0.3 is 0 Å². The Morgan fingerprint density at radius 2 is 2.05 bits per heavy atom. The van der Waals surface area contributed by atoms with Gasteiger partial charge in [0.2, 0.25) is 5.91 Å². The second-order valence-electron chi connectivity index (χ2n) is 5.53. The topological polar surface area (TPSA) is 42.0 Å². The monoisotopic (exact) mass is 344 g/mol. The first-order chi connectivity index (χ1) is 10.1. The Labute approximate surface area is 132 Å². The lowest BCUT2D eigenvalue weighted by Gasteiger charge is -2.05. The van der Waals surface area contributed by atoms with Crippen LogP contribution in [-0.4, -0.2) is 10.9 Å². The average Bonchev–Trinajstić information content (AvgIpc) is 3.28. The summed E-state index contributed by atoms with van der Waals surface area (Å²) in [6.45, 7) is 2.51. The maximum atomic E-state index is 12.2. The first kappa shape index (κ1) is 14.3. The molecular weight excluding hydrogens is 328 g/mol. The van der Waals surface area contributed by atoms with Crippen LogP contribution in [0.2, 0.25) is 0 Å². The lowest BCUT2D eigenvalue weighted by molar-refractivity contribution is -0.122. The van der Waals surface area contributed by atoms with Crippen molar-refractivity contribution in [3.8, 4) is 0 Å². The molecule has 1 N–H and O–H groups in total. The van der Waals surface area contributed by atoms with Crippen LogP contribution < -0.4 is 5.32 Å². The number of aromatic nitrogens is 1. The van der Waals surface area contributed by atoms with E-state index in [0.717, 1.165) is 22.2 Å². The maximum absolute atomic E-state index is 12.2. The van der Waals surface area contributed by atoms with E-state index < -0.39 is 0 Å². The molecule has 1 aliphatic rings. The molecular formula is C17H17BrN2O. The Bertz CT molecular complexity index is 637. The van der Waals surface area contributed by atoms with E-state index in [2.05, 4.69) is 38.4 Å². The number of pyridine rings is 1. The lowest BCUT2D eigenvalue weighted by Crippen LogP contribution is -2.24. The minimum Gasteiger partial charge on any atom is -0.352 e. The highest BCUT2D eigenvalue weighted by Crippen LogP contribution is 2.47. The third-order valence-corrected chi connectivity index (χ3v) is 4.39. The zero-order valence-electron chi connectivity index (χ0n) is 11.8. The van der Waals surface area contributed by atoms with Crippen LogP contribution in [0.3, 0.4) is 0 Å². The van der Waals surface area contributed by atoms with Crippen LogP contribution in [0, 0.1) is 12.8 Å². The van der Waals surface area contributed by atoms with Crippen molar-refractivity contribution in [2.45, 2.75) is 25.8 Å². The zero-order valence-corrected chi connectivity index (χ0v) is 13.4. The van der Waals surface area contributed by atoms with Gasteiger partial charge in [0.05, 0.1) is 0 Å². The van der Waals surface area contributed by atoms with Crippen molar-refractivity contribution in [3.63, 3.8) is 0 Å². The van der Waals surface area contributed by atoms with Gasteiger partial charge in [-0.3, -0.25) is 9.78 Å². The smallest absolute Gasteiger partial charge is 0.224 e. The summed E-state index contributed by atoms with van der Waals surface area (Å²) in [5.74, 6) is 0.627. The first-order valence-electron chi connectivity index (χ1n) is 7.08. The van der Waals surface area contributed by atoms with E-state index >= 15 is 0 Å². The number of hydrogen-bond donors (Lipinski definition) is 1. The number of rotatable bonds is 4. The minimum atomic E-state index is 0.115. The normalized spacial score (nSPS) is 20.1. The molecule has 3 nitrogen and oxygen atoms in total. The van der Waals surface area contributed by atoms with Crippen LogP contribution in [0.1, 0.15) is 29.2 Å². The summed E-state index contributed by atoms with van der Waals surface area (Å²) in [6.07, 6.45) is 2.76. The van der Waals surface area contributed by atoms with Gasteiger partial charge in [-0.2, -0.15) is 0 Å². The average molecular weight is 345 g/mol. The predicted octanol–water partition coefficient (Wildman–Crippen LogP) is 3.57. The van der Waals surface area contributed by atoms with E-state index in [-0.39, 0.29) is 11.8 Å². The fraction of sp³-hybridized carbons (Fsp3) is 0.294. The summed E-state index contributed by atoms with van der Waals surface area (Å²) >= 11 is 3.43. The number of aryl methyl sites for hydroxylation is 1. The third-order valence-electron chi connectivity index (χ3n) is 3.86. The molecule has 0 bridgehead atoms. The maximum Gasteiger partial charge on any atom is 0.224 e. The lowest BCUT2D eigenvalue weighted by atomic mass is 10.1. The second-order valence-corrected chi connectivity index (χ2v) is 6.44. The van der Waals surface area contributed by atoms with Crippen LogP contribution in [0.5, 0.6) is 0 Å². The van der Waals surface area contributed by atoms with Crippen molar-refractivity contribution >= 4 is 21.8 Å². The molecule has 0 saturated heterocycles. The van der Waals surface area contributed by atoms with Crippen molar-refractivity contribution in [2.75, 3.05) is 0 Å². The molecule has 4 heteroatoms. The molecule has 0 aliphatic heterocycles. The largest absolute Gasteiger partial charge is 0.352 e. The zero-order chi connectivity index (χ0) is 14.8. The molecule has 1 saturated carbocycles. The van der Waals surface area contributed by atoms with Crippen molar-refractivity contribution in [1.82, 2.24) is 10.3 Å². The van der Waals surface area contributed by atoms with Gasteiger partial charge < -0.3 is 5.32 Å². The summed E-state index contributed by atoms with van der Waals surface area (Å²) < 4.78 is 1.07. The molecule has 1 heterocycles. The Balaban J connectivity index is 1.53. The molecule has 21 heavy (non-hydrogen) atoms. The predicted molar refractivity (Wildman–Crippen MR) is 85.8 cm³/mol. The summed E-state index contributed by atoms with van der Waals surface area (Å²) in [4.78, 5) is 16.4. The Hall–Kier alpha value is -1.68. The van der Waals surface area contributed by atoms with E-state index in [1.807, 2.05) is 37.4 Å². The quantitative estimate of drug-likeness (QED) is 0.921.